The highest BCUT2D eigenvalue weighted by Crippen LogP contribution is 2.36. The molecule has 1 amide bonds. The molecular weight excluding hydrogens is 314 g/mol. The number of nitrogens with one attached hydrogen (secondary N) is 1. The fraction of sp³-hybridized carbons (Fsp3) is 0.412. The molecule has 0 atom stereocenters. The summed E-state index contributed by atoms with van der Waals surface area (Å²) in [4.78, 5) is 12.4. The summed E-state index contributed by atoms with van der Waals surface area (Å²) in [5.74, 6) is 0.216. The van der Waals surface area contributed by atoms with Gasteiger partial charge >= 0.3 is 0 Å². The predicted octanol–water partition coefficient (Wildman–Crippen LogP) is 4.13. The Bertz CT molecular complexity index is 657. The molecule has 1 saturated heterocycles. The molecule has 0 spiro atoms. The van der Waals surface area contributed by atoms with Crippen LogP contribution in [-0.2, 0) is 16.6 Å². The number of carbonyl (C=O) groups is 1. The van der Waals surface area contributed by atoms with Crippen LogP contribution in [0.15, 0.2) is 17.0 Å². The number of amides is 1. The maximum atomic E-state index is 11.8. The van der Waals surface area contributed by atoms with Gasteiger partial charge in [-0.25, -0.2) is 0 Å². The number of rotatable bonds is 3. The van der Waals surface area contributed by atoms with Crippen molar-refractivity contribution in [2.75, 3.05) is 0 Å². The van der Waals surface area contributed by atoms with Gasteiger partial charge in [-0.2, -0.15) is 0 Å². The minimum absolute atomic E-state index is 0.155. The first-order valence-corrected chi connectivity index (χ1v) is 8.56. The van der Waals surface area contributed by atoms with Crippen LogP contribution >= 0.6 is 24.0 Å². The molecule has 0 aliphatic carbocycles. The Morgan fingerprint density at radius 1 is 1.36 bits per heavy atom. The van der Waals surface area contributed by atoms with Crippen LogP contribution in [-0.4, -0.2) is 15.3 Å². The molecular formula is C17H21NO2S2. The van der Waals surface area contributed by atoms with Crippen molar-refractivity contribution in [1.82, 2.24) is 5.32 Å². The van der Waals surface area contributed by atoms with Gasteiger partial charge in [0.15, 0.2) is 0 Å². The Morgan fingerprint density at radius 3 is 2.55 bits per heavy atom. The third-order valence-corrected chi connectivity index (χ3v) is 4.64. The Hall–Kier alpha value is -1.33. The van der Waals surface area contributed by atoms with Crippen LogP contribution in [0.2, 0.25) is 0 Å². The second-order valence-electron chi connectivity index (χ2n) is 6.43. The minimum atomic E-state index is -0.165. The van der Waals surface area contributed by atoms with Crippen LogP contribution in [0.25, 0.3) is 6.08 Å². The van der Waals surface area contributed by atoms with Crippen LogP contribution in [0.1, 0.15) is 50.8 Å². The van der Waals surface area contributed by atoms with Crippen LogP contribution in [0, 0.1) is 0 Å². The van der Waals surface area contributed by atoms with Gasteiger partial charge in [-0.05, 0) is 41.2 Å². The number of aromatic hydroxyl groups is 1. The lowest BCUT2D eigenvalue weighted by molar-refractivity contribution is -0.115. The van der Waals surface area contributed by atoms with Crippen LogP contribution < -0.4 is 5.32 Å². The molecule has 1 fully saturated rings. The highest BCUT2D eigenvalue weighted by atomic mass is 32.2. The van der Waals surface area contributed by atoms with Gasteiger partial charge in [0.1, 0.15) is 10.1 Å². The number of hydrogen-bond donors (Lipinski definition) is 2. The van der Waals surface area contributed by atoms with Crippen LogP contribution in [0.3, 0.4) is 0 Å². The van der Waals surface area contributed by atoms with Crippen molar-refractivity contribution in [3.8, 4) is 5.75 Å². The number of benzene rings is 1. The number of aryl methyl sites for hydroxylation is 1. The van der Waals surface area contributed by atoms with Crippen LogP contribution in [0.4, 0.5) is 0 Å². The quantitative estimate of drug-likeness (QED) is 0.644. The van der Waals surface area contributed by atoms with E-state index >= 15 is 0 Å². The van der Waals surface area contributed by atoms with Crippen molar-refractivity contribution in [2.24, 2.45) is 0 Å². The monoisotopic (exact) mass is 335 g/mol. The molecule has 3 nitrogen and oxygen atoms in total. The Balaban J connectivity index is 2.52. The van der Waals surface area contributed by atoms with Gasteiger partial charge in [0.05, 0.1) is 4.91 Å². The predicted molar refractivity (Wildman–Crippen MR) is 97.1 cm³/mol. The van der Waals surface area contributed by atoms with E-state index in [1.54, 1.807) is 0 Å². The second-order valence-corrected chi connectivity index (χ2v) is 8.15. The normalized spacial score (nSPS) is 17.2. The molecule has 1 aliphatic rings. The largest absolute Gasteiger partial charge is 0.507 e. The molecule has 5 heteroatoms. The summed E-state index contributed by atoms with van der Waals surface area (Å²) in [6, 6.07) is 3.91. The van der Waals surface area contributed by atoms with Gasteiger partial charge in [0.2, 0.25) is 0 Å². The Kier molecular flexibility index (Phi) is 4.97. The van der Waals surface area contributed by atoms with E-state index in [-0.39, 0.29) is 11.3 Å². The summed E-state index contributed by atoms with van der Waals surface area (Å²) < 4.78 is 0.486. The lowest BCUT2D eigenvalue weighted by atomic mass is 9.83. The first-order valence-electron chi connectivity index (χ1n) is 7.33. The van der Waals surface area contributed by atoms with E-state index in [1.165, 1.54) is 11.8 Å². The van der Waals surface area contributed by atoms with Gasteiger partial charge in [0.25, 0.3) is 5.91 Å². The molecule has 0 unspecified atom stereocenters. The molecule has 118 valence electrons. The van der Waals surface area contributed by atoms with Crippen molar-refractivity contribution in [3.05, 3.63) is 33.7 Å². The fourth-order valence-corrected chi connectivity index (χ4v) is 3.45. The van der Waals surface area contributed by atoms with Crippen LogP contribution in [0.5, 0.6) is 5.75 Å². The topological polar surface area (TPSA) is 49.3 Å². The fourth-order valence-electron chi connectivity index (χ4n) is 2.41. The maximum Gasteiger partial charge on any atom is 0.263 e. The zero-order valence-corrected chi connectivity index (χ0v) is 15.0. The van der Waals surface area contributed by atoms with Crippen molar-refractivity contribution < 1.29 is 9.90 Å². The molecule has 22 heavy (non-hydrogen) atoms. The third kappa shape index (κ3) is 3.70. The minimum Gasteiger partial charge on any atom is -0.507 e. The SMILES string of the molecule is CCCc1cc(C=C2SC(=S)NC2=O)cc(C(C)(C)C)c1O. The van der Waals surface area contributed by atoms with E-state index in [9.17, 15) is 9.90 Å². The first-order chi connectivity index (χ1) is 10.2. The standard InChI is InChI=1S/C17H21NO2S2/c1-5-6-11-7-10(8-12(14(11)19)17(2,3)4)9-13-15(20)18-16(21)22-13/h7-9,19H,5-6H2,1-4H3,(H,18,20,21). The van der Waals surface area contributed by atoms with E-state index in [2.05, 4.69) is 33.0 Å². The highest BCUT2D eigenvalue weighted by Gasteiger charge is 2.24. The summed E-state index contributed by atoms with van der Waals surface area (Å²) >= 11 is 6.29. The van der Waals surface area contributed by atoms with Crippen molar-refractivity contribution in [1.29, 1.82) is 0 Å². The zero-order chi connectivity index (χ0) is 16.5. The Morgan fingerprint density at radius 2 is 2.05 bits per heavy atom. The molecule has 0 bridgehead atoms. The summed E-state index contributed by atoms with van der Waals surface area (Å²) in [5.41, 5.74) is 2.58. The number of phenols is 1. The van der Waals surface area contributed by atoms with E-state index < -0.39 is 0 Å². The van der Waals surface area contributed by atoms with Gasteiger partial charge in [-0.1, -0.05) is 58.1 Å². The van der Waals surface area contributed by atoms with Gasteiger partial charge in [-0.15, -0.1) is 0 Å². The number of thiocarbonyl (C=S) groups is 1. The smallest absolute Gasteiger partial charge is 0.263 e. The molecule has 0 aromatic heterocycles. The summed E-state index contributed by atoms with van der Waals surface area (Å²) in [6.45, 7) is 8.29. The molecule has 2 rings (SSSR count). The van der Waals surface area contributed by atoms with Crippen molar-refractivity contribution >= 4 is 40.3 Å². The molecule has 2 N–H and O–H groups in total. The van der Waals surface area contributed by atoms with E-state index in [4.69, 9.17) is 12.2 Å². The highest BCUT2D eigenvalue weighted by molar-refractivity contribution is 8.26. The van der Waals surface area contributed by atoms with E-state index in [0.29, 0.717) is 15.0 Å². The molecule has 1 aromatic rings. The Labute approximate surface area is 141 Å². The van der Waals surface area contributed by atoms with Gasteiger partial charge in [0, 0.05) is 5.56 Å². The maximum absolute atomic E-state index is 11.8. The third-order valence-electron chi connectivity index (χ3n) is 3.48. The molecule has 0 radical (unpaired) electrons. The molecule has 1 aliphatic heterocycles. The molecule has 1 aromatic carbocycles. The van der Waals surface area contributed by atoms with E-state index in [1.807, 2.05) is 18.2 Å². The lowest BCUT2D eigenvalue weighted by Gasteiger charge is -2.23. The molecule has 0 saturated carbocycles. The summed E-state index contributed by atoms with van der Waals surface area (Å²) in [6.07, 6.45) is 3.60. The first kappa shape index (κ1) is 17.0. The number of phenolic OH excluding ortho intramolecular Hbond substituents is 1. The molecule has 1 heterocycles. The summed E-state index contributed by atoms with van der Waals surface area (Å²) in [7, 11) is 0. The van der Waals surface area contributed by atoms with Gasteiger partial charge in [-0.3, -0.25) is 4.79 Å². The number of carbonyl (C=O) groups excluding carboxylic acids is 1. The van der Waals surface area contributed by atoms with Crippen molar-refractivity contribution in [3.63, 3.8) is 0 Å². The summed E-state index contributed by atoms with van der Waals surface area (Å²) in [5, 5.41) is 13.1. The van der Waals surface area contributed by atoms with E-state index in [0.717, 1.165) is 29.5 Å². The van der Waals surface area contributed by atoms with Crippen molar-refractivity contribution in [2.45, 2.75) is 46.0 Å². The van der Waals surface area contributed by atoms with Gasteiger partial charge < -0.3 is 10.4 Å². The number of hydrogen-bond acceptors (Lipinski definition) is 4. The average molecular weight is 335 g/mol. The second kappa shape index (κ2) is 6.42. The number of thioether (sulfide) groups is 1. The lowest BCUT2D eigenvalue weighted by Crippen LogP contribution is -2.17. The average Bonchev–Trinajstić information content (AvgIpc) is 2.70. The zero-order valence-electron chi connectivity index (χ0n) is 13.3.